The van der Waals surface area contributed by atoms with Crippen molar-refractivity contribution in [3.8, 4) is 62.1 Å². The molecular weight excluding hydrogens is 685 g/mol. The molecule has 0 amide bonds. The average Bonchev–Trinajstić information content (AvgIpc) is 3.83. The van der Waals surface area contributed by atoms with Crippen LogP contribution in [-0.4, -0.2) is 19.5 Å². The molecule has 0 aliphatic carbocycles. The van der Waals surface area contributed by atoms with E-state index < -0.39 is 0 Å². The first-order valence-corrected chi connectivity index (χ1v) is 18.8. The van der Waals surface area contributed by atoms with Gasteiger partial charge in [0.25, 0.3) is 0 Å². The van der Waals surface area contributed by atoms with E-state index in [1.54, 1.807) is 0 Å². The second-order valence-electron chi connectivity index (χ2n) is 14.0. The van der Waals surface area contributed by atoms with Crippen LogP contribution in [0, 0.1) is 0 Å². The summed E-state index contributed by atoms with van der Waals surface area (Å²) in [5, 5.41) is 4.57. The van der Waals surface area contributed by atoms with Crippen LogP contribution in [0.25, 0.3) is 106 Å². The summed E-state index contributed by atoms with van der Waals surface area (Å²) in [7, 11) is 0. The molecule has 8 aromatic carbocycles. The third-order valence-corrected chi connectivity index (χ3v) is 10.7. The molecule has 11 rings (SSSR count). The normalized spacial score (nSPS) is 11.6. The van der Waals surface area contributed by atoms with Crippen molar-refractivity contribution >= 4 is 43.7 Å². The van der Waals surface area contributed by atoms with E-state index in [9.17, 15) is 0 Å². The maximum Gasteiger partial charge on any atom is 0.164 e. The summed E-state index contributed by atoms with van der Waals surface area (Å²) in [5.74, 6) is 1.90. The fourth-order valence-electron chi connectivity index (χ4n) is 8.03. The minimum absolute atomic E-state index is 0.622. The molecule has 5 nitrogen and oxygen atoms in total. The number of para-hydroxylation sites is 3. The van der Waals surface area contributed by atoms with Crippen molar-refractivity contribution in [1.82, 2.24) is 19.5 Å². The second-order valence-corrected chi connectivity index (χ2v) is 14.0. The molecule has 3 heterocycles. The van der Waals surface area contributed by atoms with E-state index in [0.29, 0.717) is 17.5 Å². The number of hydrogen-bond acceptors (Lipinski definition) is 4. The largest absolute Gasteiger partial charge is 0.455 e. The lowest BCUT2D eigenvalue weighted by atomic mass is 9.99. The highest BCUT2D eigenvalue weighted by Gasteiger charge is 2.19. The Morgan fingerprint density at radius 2 is 0.804 bits per heavy atom. The van der Waals surface area contributed by atoms with Crippen LogP contribution in [0.15, 0.2) is 199 Å². The summed E-state index contributed by atoms with van der Waals surface area (Å²) in [6.45, 7) is 0. The lowest BCUT2D eigenvalue weighted by Crippen LogP contribution is -2.01. The summed E-state index contributed by atoms with van der Waals surface area (Å²) in [5.41, 5.74) is 12.3. The van der Waals surface area contributed by atoms with Crippen molar-refractivity contribution in [2.45, 2.75) is 0 Å². The van der Waals surface area contributed by atoms with Gasteiger partial charge < -0.3 is 8.98 Å². The molecule has 0 bridgehead atoms. The Morgan fingerprint density at radius 1 is 0.321 bits per heavy atom. The van der Waals surface area contributed by atoms with Crippen LogP contribution in [-0.2, 0) is 0 Å². The molecule has 262 valence electrons. The predicted octanol–water partition coefficient (Wildman–Crippen LogP) is 13.2. The molecular formula is C51H32N4O. The molecule has 0 atom stereocenters. The molecule has 3 aromatic heterocycles. The Bertz CT molecular complexity index is 3180. The highest BCUT2D eigenvalue weighted by atomic mass is 16.3. The minimum atomic E-state index is 0.622. The third-order valence-electron chi connectivity index (χ3n) is 10.7. The number of furan rings is 1. The van der Waals surface area contributed by atoms with Gasteiger partial charge in [0.2, 0.25) is 0 Å². The highest BCUT2D eigenvalue weighted by molar-refractivity contribution is 6.15. The van der Waals surface area contributed by atoms with Crippen molar-refractivity contribution in [3.63, 3.8) is 0 Å². The lowest BCUT2D eigenvalue weighted by molar-refractivity contribution is 0.671. The predicted molar refractivity (Wildman–Crippen MR) is 229 cm³/mol. The van der Waals surface area contributed by atoms with E-state index in [1.165, 1.54) is 10.8 Å². The van der Waals surface area contributed by atoms with E-state index in [0.717, 1.165) is 77.6 Å². The van der Waals surface area contributed by atoms with E-state index in [1.807, 2.05) is 66.7 Å². The standard InChI is InChI=1S/C51H32N4O/c1-4-15-33(16-5-1)39-24-13-26-42-43-27-14-25-40(48(43)56-47(39)42)36-29-30-46-44(32-36)41-23-10-11-28-45(41)55(46)38-22-12-21-37(31-38)51-53-49(34-17-6-2-7-18-34)52-50(54-51)35-19-8-3-9-20-35/h1-32H. The third kappa shape index (κ3) is 5.29. The number of hydrogen-bond donors (Lipinski definition) is 0. The highest BCUT2D eigenvalue weighted by Crippen LogP contribution is 2.42. The van der Waals surface area contributed by atoms with Gasteiger partial charge >= 0.3 is 0 Å². The molecule has 5 heteroatoms. The molecule has 0 fully saturated rings. The Kier molecular flexibility index (Phi) is 7.42. The second kappa shape index (κ2) is 13.0. The molecule has 0 unspecified atom stereocenters. The molecule has 0 aliphatic heterocycles. The number of fused-ring (bicyclic) bond motifs is 6. The summed E-state index contributed by atoms with van der Waals surface area (Å²) in [6, 6.07) is 67.4. The van der Waals surface area contributed by atoms with Crippen molar-refractivity contribution in [3.05, 3.63) is 194 Å². The maximum atomic E-state index is 6.80. The Morgan fingerprint density at radius 3 is 1.45 bits per heavy atom. The average molecular weight is 717 g/mol. The first kappa shape index (κ1) is 31.9. The van der Waals surface area contributed by atoms with Gasteiger partial charge in [0.15, 0.2) is 17.5 Å². The zero-order chi connectivity index (χ0) is 37.0. The Hall–Kier alpha value is -7.63. The van der Waals surface area contributed by atoms with Crippen LogP contribution in [0.5, 0.6) is 0 Å². The van der Waals surface area contributed by atoms with Crippen molar-refractivity contribution in [1.29, 1.82) is 0 Å². The smallest absolute Gasteiger partial charge is 0.164 e. The van der Waals surface area contributed by atoms with Gasteiger partial charge in [0.1, 0.15) is 11.2 Å². The minimum Gasteiger partial charge on any atom is -0.455 e. The van der Waals surface area contributed by atoms with E-state index in [4.69, 9.17) is 19.4 Å². The van der Waals surface area contributed by atoms with Gasteiger partial charge in [0, 0.05) is 55.0 Å². The van der Waals surface area contributed by atoms with E-state index in [-0.39, 0.29) is 0 Å². The zero-order valence-corrected chi connectivity index (χ0v) is 30.2. The maximum absolute atomic E-state index is 6.80. The van der Waals surface area contributed by atoms with Crippen LogP contribution in [0.3, 0.4) is 0 Å². The van der Waals surface area contributed by atoms with Gasteiger partial charge in [-0.15, -0.1) is 0 Å². The number of rotatable bonds is 6. The Labute approximate surface area is 322 Å². The summed E-state index contributed by atoms with van der Waals surface area (Å²) in [6.07, 6.45) is 0. The van der Waals surface area contributed by atoms with Crippen LogP contribution in [0.4, 0.5) is 0 Å². The van der Waals surface area contributed by atoms with Gasteiger partial charge in [-0.25, -0.2) is 15.0 Å². The van der Waals surface area contributed by atoms with Gasteiger partial charge in [0.05, 0.1) is 11.0 Å². The van der Waals surface area contributed by atoms with Crippen molar-refractivity contribution in [2.75, 3.05) is 0 Å². The number of nitrogens with zero attached hydrogens (tertiary/aromatic N) is 4. The molecule has 0 spiro atoms. The monoisotopic (exact) mass is 716 g/mol. The molecule has 0 N–H and O–H groups in total. The van der Waals surface area contributed by atoms with Crippen LogP contribution in [0.2, 0.25) is 0 Å². The summed E-state index contributed by atoms with van der Waals surface area (Å²) < 4.78 is 9.14. The summed E-state index contributed by atoms with van der Waals surface area (Å²) >= 11 is 0. The quantitative estimate of drug-likeness (QED) is 0.172. The molecule has 56 heavy (non-hydrogen) atoms. The van der Waals surface area contributed by atoms with Crippen LogP contribution < -0.4 is 0 Å². The molecule has 0 radical (unpaired) electrons. The van der Waals surface area contributed by atoms with Gasteiger partial charge in [-0.05, 0) is 41.5 Å². The number of aromatic nitrogens is 4. The summed E-state index contributed by atoms with van der Waals surface area (Å²) in [4.78, 5) is 14.9. The SMILES string of the molecule is c1ccc(-c2nc(-c3ccccc3)nc(-c3cccc(-n4c5ccccc5c5cc(-c6cccc7c6oc6c(-c8ccccc8)cccc67)ccc54)c3)n2)cc1. The van der Waals surface area contributed by atoms with Crippen molar-refractivity contribution in [2.24, 2.45) is 0 Å². The topological polar surface area (TPSA) is 56.7 Å². The Balaban J connectivity index is 1.06. The molecule has 0 saturated carbocycles. The van der Waals surface area contributed by atoms with Crippen molar-refractivity contribution < 1.29 is 4.42 Å². The van der Waals surface area contributed by atoms with Gasteiger partial charge in [-0.1, -0.05) is 164 Å². The van der Waals surface area contributed by atoms with Gasteiger partial charge in [-0.2, -0.15) is 0 Å². The lowest BCUT2D eigenvalue weighted by Gasteiger charge is -2.12. The fourth-order valence-corrected chi connectivity index (χ4v) is 8.03. The van der Waals surface area contributed by atoms with E-state index in [2.05, 4.69) is 132 Å². The fraction of sp³-hybridized carbons (Fsp3) is 0. The molecule has 11 aromatic rings. The van der Waals surface area contributed by atoms with Crippen LogP contribution in [0.1, 0.15) is 0 Å². The molecule has 0 aliphatic rings. The molecule has 0 saturated heterocycles. The first-order chi connectivity index (χ1) is 27.8. The van der Waals surface area contributed by atoms with E-state index >= 15 is 0 Å². The number of benzene rings is 8. The van der Waals surface area contributed by atoms with Crippen LogP contribution >= 0.6 is 0 Å². The zero-order valence-electron chi connectivity index (χ0n) is 30.2. The van der Waals surface area contributed by atoms with Gasteiger partial charge in [-0.3, -0.25) is 0 Å². The first-order valence-electron chi connectivity index (χ1n) is 18.8.